The van der Waals surface area contributed by atoms with Crippen LogP contribution in [0.15, 0.2) is 58.4 Å². The van der Waals surface area contributed by atoms with Crippen molar-refractivity contribution in [3.8, 4) is 0 Å². The van der Waals surface area contributed by atoms with Gasteiger partial charge in [-0.3, -0.25) is 0 Å². The van der Waals surface area contributed by atoms with Crippen molar-refractivity contribution < 1.29 is 0 Å². The molecule has 0 spiro atoms. The summed E-state index contributed by atoms with van der Waals surface area (Å²) in [6.07, 6.45) is 1.86. The average molecular weight is 300 g/mol. The predicted molar refractivity (Wildman–Crippen MR) is 88.6 cm³/mol. The normalized spacial score (nSPS) is 12.7. The molecule has 1 atom stereocenters. The highest BCUT2D eigenvalue weighted by Crippen LogP contribution is 2.27. The molecule has 0 saturated carbocycles. The molecule has 1 aromatic heterocycles. The smallest absolute Gasteiger partial charge is 0.149 e. The molecule has 0 saturated heterocycles. The van der Waals surface area contributed by atoms with Gasteiger partial charge in [0.05, 0.1) is 0 Å². The Morgan fingerprint density at radius 1 is 1.20 bits per heavy atom. The number of hydrogen-bond donors (Lipinski definition) is 1. The summed E-state index contributed by atoms with van der Waals surface area (Å²) in [4.78, 5) is 4.32. The molecule has 102 valence electrons. The molecule has 0 aliphatic heterocycles. The van der Waals surface area contributed by atoms with E-state index in [-0.39, 0.29) is 0 Å². The Balaban J connectivity index is 1.79. The largest absolute Gasteiger partial charge is 0.312 e. The summed E-state index contributed by atoms with van der Waals surface area (Å²) in [5.41, 5.74) is 1.33. The number of benzene rings is 2. The molecule has 1 unspecified atom stereocenters. The average Bonchev–Trinajstić information content (AvgIpc) is 3.01. The van der Waals surface area contributed by atoms with Gasteiger partial charge in [-0.15, -0.1) is 11.3 Å². The third-order valence-corrected chi connectivity index (χ3v) is 5.37. The van der Waals surface area contributed by atoms with Crippen molar-refractivity contribution >= 4 is 33.9 Å². The Kier molecular flexibility index (Phi) is 4.35. The van der Waals surface area contributed by atoms with E-state index in [1.54, 1.807) is 23.1 Å². The van der Waals surface area contributed by atoms with Gasteiger partial charge >= 0.3 is 0 Å². The molecule has 1 heterocycles. The molecule has 0 fully saturated rings. The first-order valence-electron chi connectivity index (χ1n) is 6.55. The van der Waals surface area contributed by atoms with Gasteiger partial charge in [-0.25, -0.2) is 4.98 Å². The van der Waals surface area contributed by atoms with E-state index >= 15 is 0 Å². The van der Waals surface area contributed by atoms with Crippen LogP contribution in [0, 0.1) is 0 Å². The van der Waals surface area contributed by atoms with Gasteiger partial charge in [0.2, 0.25) is 0 Å². The molecule has 3 aromatic rings. The number of thiazole rings is 1. The van der Waals surface area contributed by atoms with E-state index < -0.39 is 0 Å². The summed E-state index contributed by atoms with van der Waals surface area (Å²) in [6.45, 7) is 0. The van der Waals surface area contributed by atoms with Crippen LogP contribution in [0.5, 0.6) is 0 Å². The fourth-order valence-corrected chi connectivity index (χ4v) is 4.01. The standard InChI is InChI=1S/C16H16N2S2/c1-17-15(11-20-16-18-8-9-19-16)14-7-6-12-4-2-3-5-13(12)10-14/h2-10,15,17H,11H2,1H3. The summed E-state index contributed by atoms with van der Waals surface area (Å²) in [6, 6.07) is 15.5. The minimum atomic E-state index is 0.341. The maximum absolute atomic E-state index is 4.32. The van der Waals surface area contributed by atoms with Crippen molar-refractivity contribution in [3.63, 3.8) is 0 Å². The van der Waals surface area contributed by atoms with Crippen LogP contribution < -0.4 is 5.32 Å². The molecule has 1 N–H and O–H groups in total. The van der Waals surface area contributed by atoms with E-state index in [1.807, 2.05) is 18.6 Å². The fourth-order valence-electron chi connectivity index (χ4n) is 2.21. The van der Waals surface area contributed by atoms with Crippen molar-refractivity contribution in [2.45, 2.75) is 10.4 Å². The van der Waals surface area contributed by atoms with Gasteiger partial charge in [-0.2, -0.15) is 0 Å². The SMILES string of the molecule is CNC(CSc1nccs1)c1ccc2ccccc2c1. The van der Waals surface area contributed by atoms with Crippen molar-refractivity contribution in [1.82, 2.24) is 10.3 Å². The Hall–Kier alpha value is -1.36. The lowest BCUT2D eigenvalue weighted by atomic mass is 10.0. The zero-order valence-electron chi connectivity index (χ0n) is 11.2. The topological polar surface area (TPSA) is 24.9 Å². The molecule has 2 aromatic carbocycles. The van der Waals surface area contributed by atoms with Crippen molar-refractivity contribution in [2.24, 2.45) is 0 Å². The van der Waals surface area contributed by atoms with Gasteiger partial charge in [0.25, 0.3) is 0 Å². The predicted octanol–water partition coefficient (Wildman–Crippen LogP) is 4.35. The number of fused-ring (bicyclic) bond motifs is 1. The van der Waals surface area contributed by atoms with Crippen LogP contribution in [-0.4, -0.2) is 17.8 Å². The lowest BCUT2D eigenvalue weighted by Crippen LogP contribution is -2.18. The van der Waals surface area contributed by atoms with Crippen LogP contribution in [0.2, 0.25) is 0 Å². The molecule has 0 radical (unpaired) electrons. The van der Waals surface area contributed by atoms with Crippen molar-refractivity contribution in [2.75, 3.05) is 12.8 Å². The van der Waals surface area contributed by atoms with Gasteiger partial charge in [-0.1, -0.05) is 48.2 Å². The number of aromatic nitrogens is 1. The molecule has 20 heavy (non-hydrogen) atoms. The van der Waals surface area contributed by atoms with Crippen LogP contribution in [0.3, 0.4) is 0 Å². The van der Waals surface area contributed by atoms with Crippen molar-refractivity contribution in [1.29, 1.82) is 0 Å². The van der Waals surface area contributed by atoms with Crippen LogP contribution >= 0.6 is 23.1 Å². The third-order valence-electron chi connectivity index (χ3n) is 3.31. The number of nitrogens with zero attached hydrogens (tertiary/aromatic N) is 1. The van der Waals surface area contributed by atoms with Crippen molar-refractivity contribution in [3.05, 3.63) is 59.6 Å². The fraction of sp³-hybridized carbons (Fsp3) is 0.188. The molecule has 2 nitrogen and oxygen atoms in total. The van der Waals surface area contributed by atoms with Gasteiger partial charge in [-0.05, 0) is 29.4 Å². The highest BCUT2D eigenvalue weighted by atomic mass is 32.2. The third kappa shape index (κ3) is 3.03. The number of hydrogen-bond acceptors (Lipinski definition) is 4. The molecule has 0 aliphatic carbocycles. The van der Waals surface area contributed by atoms with Crippen LogP contribution in [0.4, 0.5) is 0 Å². The second kappa shape index (κ2) is 6.39. The Labute approximate surface area is 127 Å². The lowest BCUT2D eigenvalue weighted by Gasteiger charge is -2.16. The summed E-state index contributed by atoms with van der Waals surface area (Å²) in [5, 5.41) is 8.01. The van der Waals surface area contributed by atoms with Gasteiger partial charge in [0.15, 0.2) is 0 Å². The van der Waals surface area contributed by atoms with Gasteiger partial charge in [0, 0.05) is 23.4 Å². The monoisotopic (exact) mass is 300 g/mol. The van der Waals surface area contributed by atoms with E-state index in [1.165, 1.54) is 16.3 Å². The van der Waals surface area contributed by atoms with Crippen LogP contribution in [0.1, 0.15) is 11.6 Å². The Morgan fingerprint density at radius 3 is 2.80 bits per heavy atom. The summed E-state index contributed by atoms with van der Waals surface area (Å²) >= 11 is 3.50. The molecular weight excluding hydrogens is 284 g/mol. The minimum absolute atomic E-state index is 0.341. The summed E-state index contributed by atoms with van der Waals surface area (Å²) in [5.74, 6) is 0.988. The van der Waals surface area contributed by atoms with E-state index in [2.05, 4.69) is 52.8 Å². The number of nitrogens with one attached hydrogen (secondary N) is 1. The summed E-state index contributed by atoms with van der Waals surface area (Å²) in [7, 11) is 2.02. The first kappa shape index (κ1) is 13.6. The van der Waals surface area contributed by atoms with E-state index in [0.29, 0.717) is 6.04 Å². The van der Waals surface area contributed by atoms with E-state index in [0.717, 1.165) is 10.1 Å². The second-order valence-corrected chi connectivity index (χ2v) is 6.72. The first-order chi connectivity index (χ1) is 9.86. The zero-order valence-corrected chi connectivity index (χ0v) is 12.9. The first-order valence-corrected chi connectivity index (χ1v) is 8.41. The second-order valence-electron chi connectivity index (χ2n) is 4.56. The number of thioether (sulfide) groups is 1. The highest BCUT2D eigenvalue weighted by molar-refractivity contribution is 8.01. The number of rotatable bonds is 5. The van der Waals surface area contributed by atoms with Gasteiger partial charge < -0.3 is 5.32 Å². The minimum Gasteiger partial charge on any atom is -0.312 e. The van der Waals surface area contributed by atoms with Gasteiger partial charge in [0.1, 0.15) is 4.34 Å². The molecule has 0 aliphatic rings. The zero-order chi connectivity index (χ0) is 13.8. The maximum Gasteiger partial charge on any atom is 0.149 e. The van der Waals surface area contributed by atoms with E-state index in [9.17, 15) is 0 Å². The molecule has 0 amide bonds. The molecule has 4 heteroatoms. The quantitative estimate of drug-likeness (QED) is 0.709. The summed E-state index contributed by atoms with van der Waals surface area (Å²) < 4.78 is 1.13. The maximum atomic E-state index is 4.32. The lowest BCUT2D eigenvalue weighted by molar-refractivity contribution is 0.662. The van der Waals surface area contributed by atoms with Crippen LogP contribution in [0.25, 0.3) is 10.8 Å². The molecular formula is C16H16N2S2. The molecule has 0 bridgehead atoms. The highest BCUT2D eigenvalue weighted by Gasteiger charge is 2.11. The molecule has 3 rings (SSSR count). The van der Waals surface area contributed by atoms with Crippen LogP contribution in [-0.2, 0) is 0 Å². The Bertz CT molecular complexity index is 680. The Morgan fingerprint density at radius 2 is 2.05 bits per heavy atom. The van der Waals surface area contributed by atoms with E-state index in [4.69, 9.17) is 0 Å².